The Labute approximate surface area is 187 Å². The zero-order chi connectivity index (χ0) is 21.8. The molecule has 0 radical (unpaired) electrons. The first-order valence-electron chi connectivity index (χ1n) is 11.4. The van der Waals surface area contributed by atoms with Crippen LogP contribution in [-0.4, -0.2) is 94.6 Å². The van der Waals surface area contributed by atoms with Crippen LogP contribution in [0.4, 0.5) is 11.9 Å². The average molecular weight is 439 g/mol. The van der Waals surface area contributed by atoms with Crippen molar-refractivity contribution in [2.45, 2.75) is 19.4 Å². The summed E-state index contributed by atoms with van der Waals surface area (Å²) in [5, 5.41) is 3.49. The van der Waals surface area contributed by atoms with E-state index >= 15 is 0 Å². The number of hydrogen-bond acceptors (Lipinski definition) is 9. The standard InChI is InChI=1S/C22H30N8O2/c1-2-17(28-7-11-31-12-8-28)15-23-20-25-21(29-9-13-32-14-10-29)27-22(26-20)30-16-24-18-5-3-4-6-19(18)30/h3-6,16-17H,2,7-15H2,1H3,(H,23,25,26,27). The first-order valence-corrected chi connectivity index (χ1v) is 11.4. The molecule has 3 aromatic rings. The molecule has 2 aliphatic heterocycles. The van der Waals surface area contributed by atoms with E-state index in [1.807, 2.05) is 28.8 Å². The van der Waals surface area contributed by atoms with Crippen LogP contribution in [0.25, 0.3) is 17.0 Å². The molecular formula is C22H30N8O2. The molecule has 1 N–H and O–H groups in total. The number of imidazole rings is 1. The van der Waals surface area contributed by atoms with Crippen LogP contribution in [0.5, 0.6) is 0 Å². The van der Waals surface area contributed by atoms with E-state index in [1.165, 1.54) is 0 Å². The van der Waals surface area contributed by atoms with E-state index in [9.17, 15) is 0 Å². The number of ether oxygens (including phenoxy) is 2. The van der Waals surface area contributed by atoms with Crippen molar-refractivity contribution in [3.63, 3.8) is 0 Å². The highest BCUT2D eigenvalue weighted by molar-refractivity contribution is 5.76. The fourth-order valence-electron chi connectivity index (χ4n) is 4.25. The van der Waals surface area contributed by atoms with Crippen molar-refractivity contribution in [1.82, 2.24) is 29.4 Å². The summed E-state index contributed by atoms with van der Waals surface area (Å²) in [6, 6.07) is 8.40. The van der Waals surface area contributed by atoms with Crippen molar-refractivity contribution in [3.05, 3.63) is 30.6 Å². The second-order valence-electron chi connectivity index (χ2n) is 8.05. The van der Waals surface area contributed by atoms with E-state index in [1.54, 1.807) is 6.33 Å². The van der Waals surface area contributed by atoms with Gasteiger partial charge in [-0.3, -0.25) is 9.47 Å². The Balaban J connectivity index is 1.44. The third-order valence-corrected chi connectivity index (χ3v) is 6.10. The third kappa shape index (κ3) is 4.52. The highest BCUT2D eigenvalue weighted by Crippen LogP contribution is 2.20. The van der Waals surface area contributed by atoms with E-state index in [-0.39, 0.29) is 0 Å². The third-order valence-electron chi connectivity index (χ3n) is 6.10. The Morgan fingerprint density at radius 2 is 1.66 bits per heavy atom. The van der Waals surface area contributed by atoms with Gasteiger partial charge in [0.05, 0.1) is 37.5 Å². The molecule has 0 spiro atoms. The first kappa shape index (κ1) is 21.0. The molecule has 0 amide bonds. The highest BCUT2D eigenvalue weighted by Gasteiger charge is 2.21. The fourth-order valence-corrected chi connectivity index (χ4v) is 4.25. The van der Waals surface area contributed by atoms with Gasteiger partial charge in [-0.15, -0.1) is 0 Å². The van der Waals surface area contributed by atoms with Gasteiger partial charge in [0.2, 0.25) is 17.8 Å². The van der Waals surface area contributed by atoms with Crippen LogP contribution >= 0.6 is 0 Å². The quantitative estimate of drug-likeness (QED) is 0.590. The fraction of sp³-hybridized carbons (Fsp3) is 0.545. The summed E-state index contributed by atoms with van der Waals surface area (Å²) in [7, 11) is 0. The number of hydrogen-bond donors (Lipinski definition) is 1. The smallest absolute Gasteiger partial charge is 0.242 e. The van der Waals surface area contributed by atoms with Crippen molar-refractivity contribution >= 4 is 22.9 Å². The molecule has 2 aromatic heterocycles. The van der Waals surface area contributed by atoms with Gasteiger partial charge in [0.25, 0.3) is 0 Å². The number of morpholine rings is 2. The Morgan fingerprint density at radius 3 is 2.44 bits per heavy atom. The minimum Gasteiger partial charge on any atom is -0.379 e. The summed E-state index contributed by atoms with van der Waals surface area (Å²) in [6.07, 6.45) is 2.82. The number of benzene rings is 1. The van der Waals surface area contributed by atoms with Crippen LogP contribution in [-0.2, 0) is 9.47 Å². The molecule has 1 aromatic carbocycles. The molecule has 2 fully saturated rings. The van der Waals surface area contributed by atoms with E-state index in [2.05, 4.69) is 27.0 Å². The molecule has 0 saturated carbocycles. The van der Waals surface area contributed by atoms with Gasteiger partial charge in [-0.25, -0.2) is 4.98 Å². The first-order chi connectivity index (χ1) is 15.8. The lowest BCUT2D eigenvalue weighted by Crippen LogP contribution is -2.46. The summed E-state index contributed by atoms with van der Waals surface area (Å²) in [4.78, 5) is 23.4. The lowest BCUT2D eigenvalue weighted by atomic mass is 10.2. The van der Waals surface area contributed by atoms with Gasteiger partial charge in [-0.1, -0.05) is 19.1 Å². The Morgan fingerprint density at radius 1 is 0.938 bits per heavy atom. The van der Waals surface area contributed by atoms with E-state index in [4.69, 9.17) is 24.4 Å². The molecule has 5 rings (SSSR count). The lowest BCUT2D eigenvalue weighted by Gasteiger charge is -2.34. The molecule has 10 nitrogen and oxygen atoms in total. The predicted octanol–water partition coefficient (Wildman–Crippen LogP) is 1.57. The average Bonchev–Trinajstić information content (AvgIpc) is 3.30. The second kappa shape index (κ2) is 9.76. The SMILES string of the molecule is CCC(CNc1nc(N2CCOCC2)nc(-n2cnc3ccccc32)n1)N1CCOCC1. The molecule has 32 heavy (non-hydrogen) atoms. The molecule has 1 unspecified atom stereocenters. The van der Waals surface area contributed by atoms with Gasteiger partial charge in [0, 0.05) is 38.8 Å². The van der Waals surface area contributed by atoms with E-state index < -0.39 is 0 Å². The van der Waals surface area contributed by atoms with E-state index in [0.29, 0.717) is 37.1 Å². The summed E-state index contributed by atoms with van der Waals surface area (Å²) >= 11 is 0. The summed E-state index contributed by atoms with van der Waals surface area (Å²) < 4.78 is 12.9. The Bertz CT molecular complexity index is 1030. The van der Waals surface area contributed by atoms with Gasteiger partial charge >= 0.3 is 0 Å². The zero-order valence-electron chi connectivity index (χ0n) is 18.5. The van der Waals surface area contributed by atoms with Crippen LogP contribution in [0.2, 0.25) is 0 Å². The number of aromatic nitrogens is 5. The molecule has 170 valence electrons. The number of fused-ring (bicyclic) bond motifs is 1. The molecule has 10 heteroatoms. The topological polar surface area (TPSA) is 93.5 Å². The normalized spacial score (nSPS) is 18.7. The van der Waals surface area contributed by atoms with Crippen molar-refractivity contribution in [1.29, 1.82) is 0 Å². The second-order valence-corrected chi connectivity index (χ2v) is 8.05. The summed E-state index contributed by atoms with van der Waals surface area (Å²) in [6.45, 7) is 9.37. The minimum atomic E-state index is 0.403. The van der Waals surface area contributed by atoms with Crippen molar-refractivity contribution < 1.29 is 9.47 Å². The summed E-state index contributed by atoms with van der Waals surface area (Å²) in [5.74, 6) is 1.82. The maximum atomic E-state index is 5.51. The number of para-hydroxylation sites is 2. The Kier molecular flexibility index (Phi) is 6.42. The number of nitrogens with zero attached hydrogens (tertiary/aromatic N) is 7. The number of anilines is 2. The molecule has 2 saturated heterocycles. The molecular weight excluding hydrogens is 408 g/mol. The molecule has 0 aliphatic carbocycles. The van der Waals surface area contributed by atoms with Crippen LogP contribution in [0.15, 0.2) is 30.6 Å². The van der Waals surface area contributed by atoms with Crippen LogP contribution in [0, 0.1) is 0 Å². The maximum absolute atomic E-state index is 5.51. The van der Waals surface area contributed by atoms with Gasteiger partial charge < -0.3 is 19.7 Å². The molecule has 2 aliphatic rings. The molecule has 4 heterocycles. The number of nitrogens with one attached hydrogen (secondary N) is 1. The van der Waals surface area contributed by atoms with Gasteiger partial charge in [-0.2, -0.15) is 15.0 Å². The van der Waals surface area contributed by atoms with Crippen molar-refractivity contribution in [3.8, 4) is 5.95 Å². The van der Waals surface area contributed by atoms with E-state index in [0.717, 1.165) is 63.4 Å². The number of rotatable bonds is 7. The zero-order valence-corrected chi connectivity index (χ0v) is 18.5. The lowest BCUT2D eigenvalue weighted by molar-refractivity contribution is 0.0184. The van der Waals surface area contributed by atoms with Crippen molar-refractivity contribution in [2.24, 2.45) is 0 Å². The largest absolute Gasteiger partial charge is 0.379 e. The molecule has 0 bridgehead atoms. The predicted molar refractivity (Wildman–Crippen MR) is 122 cm³/mol. The maximum Gasteiger partial charge on any atom is 0.242 e. The highest BCUT2D eigenvalue weighted by atomic mass is 16.5. The van der Waals surface area contributed by atoms with Crippen molar-refractivity contribution in [2.75, 3.05) is 69.4 Å². The summed E-state index contributed by atoms with van der Waals surface area (Å²) in [5.41, 5.74) is 1.88. The van der Waals surface area contributed by atoms with Crippen LogP contribution in [0.1, 0.15) is 13.3 Å². The van der Waals surface area contributed by atoms with Gasteiger partial charge in [-0.05, 0) is 18.6 Å². The Hall–Kier alpha value is -2.82. The van der Waals surface area contributed by atoms with Crippen LogP contribution in [0.3, 0.4) is 0 Å². The minimum absolute atomic E-state index is 0.403. The van der Waals surface area contributed by atoms with Gasteiger partial charge in [0.15, 0.2) is 0 Å². The molecule has 1 atom stereocenters. The monoisotopic (exact) mass is 438 g/mol. The van der Waals surface area contributed by atoms with Crippen LogP contribution < -0.4 is 10.2 Å². The van der Waals surface area contributed by atoms with Gasteiger partial charge in [0.1, 0.15) is 6.33 Å².